The molecule has 0 saturated heterocycles. The molecule has 0 fully saturated rings. The van der Waals surface area contributed by atoms with Crippen molar-refractivity contribution < 1.29 is 0 Å². The molecule has 3 aromatic heterocycles. The molecule has 4 nitrogen and oxygen atoms in total. The molecule has 12 rings (SSSR count). The second-order valence-electron chi connectivity index (χ2n) is 15.2. The van der Waals surface area contributed by atoms with Gasteiger partial charge in [0.2, 0.25) is 0 Å². The van der Waals surface area contributed by atoms with Crippen molar-refractivity contribution in [2.75, 3.05) is 0 Å². The number of imidazole rings is 1. The van der Waals surface area contributed by atoms with Gasteiger partial charge in [-0.05, 0) is 101 Å². The molecule has 0 atom stereocenters. The molecule has 3 heterocycles. The molecule has 0 N–H and O–H groups in total. The van der Waals surface area contributed by atoms with Gasteiger partial charge in [-0.15, -0.1) is 0 Å². The highest BCUT2D eigenvalue weighted by atomic mass is 15.1. The third-order valence-electron chi connectivity index (χ3n) is 11.8. The van der Waals surface area contributed by atoms with E-state index < -0.39 is 0 Å². The summed E-state index contributed by atoms with van der Waals surface area (Å²) in [5.41, 5.74) is 15.9. The molecule has 9 aromatic carbocycles. The molecule has 0 radical (unpaired) electrons. The van der Waals surface area contributed by atoms with Crippen LogP contribution in [0.4, 0.5) is 0 Å². The number of aromatic nitrogens is 4. The Morgan fingerprint density at radius 3 is 1.42 bits per heavy atom. The minimum absolute atomic E-state index is 0.925. The number of fused-ring (bicyclic) bond motifs is 8. The van der Waals surface area contributed by atoms with Crippen LogP contribution in [-0.4, -0.2) is 18.7 Å². The molecule has 0 aliphatic rings. The van der Waals surface area contributed by atoms with Crippen LogP contribution in [0.5, 0.6) is 0 Å². The summed E-state index contributed by atoms with van der Waals surface area (Å²) in [5.74, 6) is 0.925. The lowest BCUT2D eigenvalue weighted by Crippen LogP contribution is -1.99. The Hall–Kier alpha value is -7.95. The predicted octanol–water partition coefficient (Wildman–Crippen LogP) is 14.2. The normalized spacial score (nSPS) is 11.7. The van der Waals surface area contributed by atoms with Crippen molar-refractivity contribution in [2.24, 2.45) is 0 Å². The average molecular weight is 753 g/mol. The van der Waals surface area contributed by atoms with E-state index in [1.165, 1.54) is 60.3 Å². The van der Waals surface area contributed by atoms with Gasteiger partial charge in [0.1, 0.15) is 5.82 Å². The van der Waals surface area contributed by atoms with E-state index in [0.29, 0.717) is 0 Å². The quantitative estimate of drug-likeness (QED) is 0.166. The van der Waals surface area contributed by atoms with Crippen LogP contribution in [0, 0.1) is 0 Å². The maximum Gasteiger partial charge on any atom is 0.145 e. The molecule has 0 aliphatic heterocycles. The zero-order valence-electron chi connectivity index (χ0n) is 32.1. The monoisotopic (exact) mass is 752 g/mol. The van der Waals surface area contributed by atoms with Crippen LogP contribution in [0.25, 0.3) is 105 Å². The van der Waals surface area contributed by atoms with Crippen LogP contribution in [0.2, 0.25) is 0 Å². The number of benzene rings is 9. The Balaban J connectivity index is 1.16. The van der Waals surface area contributed by atoms with Crippen molar-refractivity contribution in [3.8, 4) is 50.7 Å². The number of nitrogens with zero attached hydrogens (tertiary/aromatic N) is 4. The zero-order valence-corrected chi connectivity index (χ0v) is 32.1. The van der Waals surface area contributed by atoms with Crippen LogP contribution in [-0.2, 0) is 0 Å². The molecule has 59 heavy (non-hydrogen) atoms. The molecule has 12 aromatic rings. The second kappa shape index (κ2) is 13.3. The minimum atomic E-state index is 0.925. The van der Waals surface area contributed by atoms with Gasteiger partial charge in [-0.25, -0.2) is 4.98 Å². The molecule has 0 spiro atoms. The summed E-state index contributed by atoms with van der Waals surface area (Å²) < 4.78 is 7.19. The van der Waals surface area contributed by atoms with E-state index in [2.05, 4.69) is 232 Å². The summed E-state index contributed by atoms with van der Waals surface area (Å²) in [5, 5.41) is 4.89. The van der Waals surface area contributed by atoms with Crippen molar-refractivity contribution in [3.05, 3.63) is 218 Å². The van der Waals surface area contributed by atoms with E-state index in [1.807, 2.05) is 0 Å². The summed E-state index contributed by atoms with van der Waals surface area (Å²) in [4.78, 5) is 5.12. The summed E-state index contributed by atoms with van der Waals surface area (Å²) in [6.07, 6.45) is 0. The van der Waals surface area contributed by atoms with Gasteiger partial charge in [0.15, 0.2) is 0 Å². The van der Waals surface area contributed by atoms with Crippen LogP contribution in [0.3, 0.4) is 0 Å². The van der Waals surface area contributed by atoms with E-state index in [4.69, 9.17) is 4.98 Å². The van der Waals surface area contributed by atoms with Crippen LogP contribution < -0.4 is 0 Å². The number of rotatable bonds is 6. The van der Waals surface area contributed by atoms with E-state index >= 15 is 0 Å². The van der Waals surface area contributed by atoms with Gasteiger partial charge in [-0.3, -0.25) is 4.57 Å². The molecular formula is C55H36N4. The van der Waals surface area contributed by atoms with Gasteiger partial charge in [-0.1, -0.05) is 140 Å². The van der Waals surface area contributed by atoms with Gasteiger partial charge in [0.05, 0.1) is 33.1 Å². The molecular weight excluding hydrogens is 717 g/mol. The highest BCUT2D eigenvalue weighted by Gasteiger charge is 2.22. The van der Waals surface area contributed by atoms with Gasteiger partial charge >= 0.3 is 0 Å². The van der Waals surface area contributed by atoms with Crippen LogP contribution in [0.1, 0.15) is 0 Å². The molecule has 276 valence electrons. The maximum atomic E-state index is 5.12. The van der Waals surface area contributed by atoms with Gasteiger partial charge in [0, 0.05) is 44.2 Å². The largest absolute Gasteiger partial charge is 0.309 e. The van der Waals surface area contributed by atoms with Gasteiger partial charge < -0.3 is 9.13 Å². The Morgan fingerprint density at radius 2 is 0.780 bits per heavy atom. The third-order valence-corrected chi connectivity index (χ3v) is 11.8. The van der Waals surface area contributed by atoms with E-state index in [0.717, 1.165) is 45.0 Å². The summed E-state index contributed by atoms with van der Waals surface area (Å²) in [7, 11) is 0. The van der Waals surface area contributed by atoms with Crippen molar-refractivity contribution in [1.82, 2.24) is 18.7 Å². The zero-order chi connectivity index (χ0) is 38.9. The van der Waals surface area contributed by atoms with E-state index in [1.54, 1.807) is 0 Å². The smallest absolute Gasteiger partial charge is 0.145 e. The first-order chi connectivity index (χ1) is 29.3. The van der Waals surface area contributed by atoms with E-state index in [-0.39, 0.29) is 0 Å². The fourth-order valence-electron chi connectivity index (χ4n) is 9.17. The first-order valence-electron chi connectivity index (χ1n) is 20.1. The molecule has 4 heteroatoms. The fourth-order valence-corrected chi connectivity index (χ4v) is 9.17. The van der Waals surface area contributed by atoms with Gasteiger partial charge in [-0.2, -0.15) is 0 Å². The van der Waals surface area contributed by atoms with Gasteiger partial charge in [0.25, 0.3) is 0 Å². The predicted molar refractivity (Wildman–Crippen MR) is 246 cm³/mol. The Labute approximate surface area is 341 Å². The lowest BCUT2D eigenvalue weighted by Gasteiger charge is -2.13. The SMILES string of the molecule is c1ccc(-c2ccc3c(c2)c2c(ccc4c5cc(-c6ccccc6)ccc5n(-c5ccc(-n6c(-c7ccccc7)nc7ccccc76)cc5)c42)n3-c2ccccc2)cc1. The minimum Gasteiger partial charge on any atom is -0.309 e. The molecule has 0 amide bonds. The molecule has 0 bridgehead atoms. The lowest BCUT2D eigenvalue weighted by atomic mass is 10.0. The van der Waals surface area contributed by atoms with Crippen molar-refractivity contribution >= 4 is 54.6 Å². The summed E-state index contributed by atoms with van der Waals surface area (Å²) in [6.45, 7) is 0. The molecule has 0 aliphatic carbocycles. The van der Waals surface area contributed by atoms with Crippen molar-refractivity contribution in [3.63, 3.8) is 0 Å². The van der Waals surface area contributed by atoms with Crippen LogP contribution >= 0.6 is 0 Å². The highest BCUT2D eigenvalue weighted by molar-refractivity contribution is 6.26. The summed E-state index contributed by atoms with van der Waals surface area (Å²) >= 11 is 0. The Kier molecular flexibility index (Phi) is 7.50. The fraction of sp³-hybridized carbons (Fsp3) is 0. The standard InChI is InChI=1S/C55H36N4/c1-5-15-37(16-6-1)40-25-32-49-46(35-40)45-31-34-52-53(47-36-41(38-17-7-2-8-18-38)26-33-50(47)57(52)42-21-11-4-12-22-42)54(45)58(49)43-27-29-44(30-28-43)59-51-24-14-13-23-48(51)56-55(59)39-19-9-3-10-20-39/h1-36H. The topological polar surface area (TPSA) is 27.7 Å². The lowest BCUT2D eigenvalue weighted by molar-refractivity contribution is 1.09. The first-order valence-corrected chi connectivity index (χ1v) is 20.1. The summed E-state index contributed by atoms with van der Waals surface area (Å²) in [6, 6.07) is 78.6. The number of hydrogen-bond donors (Lipinski definition) is 0. The Bertz CT molecular complexity index is 3510. The van der Waals surface area contributed by atoms with E-state index in [9.17, 15) is 0 Å². The maximum absolute atomic E-state index is 5.12. The Morgan fingerprint density at radius 1 is 0.288 bits per heavy atom. The third kappa shape index (κ3) is 5.27. The van der Waals surface area contributed by atoms with Crippen molar-refractivity contribution in [2.45, 2.75) is 0 Å². The number of para-hydroxylation sites is 3. The average Bonchev–Trinajstić information content (AvgIpc) is 3.98. The van der Waals surface area contributed by atoms with Crippen LogP contribution in [0.15, 0.2) is 218 Å². The van der Waals surface area contributed by atoms with Crippen molar-refractivity contribution in [1.29, 1.82) is 0 Å². The second-order valence-corrected chi connectivity index (χ2v) is 15.2. The highest BCUT2D eigenvalue weighted by Crippen LogP contribution is 2.44. The first kappa shape index (κ1) is 33.2. The molecule has 0 unspecified atom stereocenters. The number of hydrogen-bond acceptors (Lipinski definition) is 1. The molecule has 0 saturated carbocycles.